The van der Waals surface area contributed by atoms with E-state index in [-0.39, 0.29) is 11.9 Å². The maximum Gasteiger partial charge on any atom is 0.254 e. The molecule has 6 heteroatoms. The molecule has 128 valence electrons. The van der Waals surface area contributed by atoms with Gasteiger partial charge >= 0.3 is 0 Å². The Morgan fingerprint density at radius 1 is 1.46 bits per heavy atom. The maximum absolute atomic E-state index is 12.6. The highest BCUT2D eigenvalue weighted by atomic mass is 16.5. The molecule has 0 bridgehead atoms. The summed E-state index contributed by atoms with van der Waals surface area (Å²) >= 11 is 0. The van der Waals surface area contributed by atoms with Gasteiger partial charge in [0.2, 0.25) is 0 Å². The SMILES string of the molecule is Cc1noc(C)c1COc1cccc(C(=O)N2CCCC(N)C2)c1. The molecular formula is C18H23N3O3. The normalized spacial score (nSPS) is 17.8. The van der Waals surface area contributed by atoms with Crippen LogP contribution in [-0.2, 0) is 6.61 Å². The summed E-state index contributed by atoms with van der Waals surface area (Å²) in [5, 5.41) is 3.91. The lowest BCUT2D eigenvalue weighted by molar-refractivity contribution is 0.0708. The van der Waals surface area contributed by atoms with Gasteiger partial charge in [0.15, 0.2) is 0 Å². The number of benzene rings is 1. The van der Waals surface area contributed by atoms with Gasteiger partial charge in [0.25, 0.3) is 5.91 Å². The third kappa shape index (κ3) is 3.59. The number of aromatic nitrogens is 1. The molecule has 3 rings (SSSR count). The first kappa shape index (κ1) is 16.5. The molecule has 1 saturated heterocycles. The Labute approximate surface area is 141 Å². The van der Waals surface area contributed by atoms with Crippen LogP contribution in [0.5, 0.6) is 5.75 Å². The second-order valence-electron chi connectivity index (χ2n) is 6.27. The minimum atomic E-state index is 0.00735. The lowest BCUT2D eigenvalue weighted by Gasteiger charge is -2.30. The smallest absolute Gasteiger partial charge is 0.254 e. The van der Waals surface area contributed by atoms with Crippen molar-refractivity contribution in [3.05, 3.63) is 46.8 Å². The van der Waals surface area contributed by atoms with E-state index in [2.05, 4.69) is 5.16 Å². The van der Waals surface area contributed by atoms with E-state index >= 15 is 0 Å². The van der Waals surface area contributed by atoms with E-state index in [0.29, 0.717) is 24.5 Å². The quantitative estimate of drug-likeness (QED) is 0.931. The molecule has 1 amide bonds. The molecule has 2 N–H and O–H groups in total. The summed E-state index contributed by atoms with van der Waals surface area (Å²) in [5.74, 6) is 1.41. The Kier molecular flexibility index (Phi) is 4.85. The lowest BCUT2D eigenvalue weighted by atomic mass is 10.1. The third-order valence-electron chi connectivity index (χ3n) is 4.39. The van der Waals surface area contributed by atoms with Crippen molar-refractivity contribution < 1.29 is 14.1 Å². The molecule has 1 fully saturated rings. The fourth-order valence-corrected chi connectivity index (χ4v) is 2.96. The van der Waals surface area contributed by atoms with Crippen molar-refractivity contribution in [2.75, 3.05) is 13.1 Å². The van der Waals surface area contributed by atoms with Gasteiger partial charge in [0.1, 0.15) is 18.1 Å². The van der Waals surface area contributed by atoms with Crippen LogP contribution in [0.4, 0.5) is 0 Å². The van der Waals surface area contributed by atoms with Crippen molar-refractivity contribution >= 4 is 5.91 Å². The van der Waals surface area contributed by atoms with Crippen LogP contribution in [0.1, 0.15) is 40.2 Å². The van der Waals surface area contributed by atoms with Gasteiger partial charge in [-0.1, -0.05) is 11.2 Å². The van der Waals surface area contributed by atoms with E-state index < -0.39 is 0 Å². The summed E-state index contributed by atoms with van der Waals surface area (Å²) < 4.78 is 10.9. The molecule has 2 heterocycles. The molecule has 24 heavy (non-hydrogen) atoms. The first-order valence-electron chi connectivity index (χ1n) is 8.24. The van der Waals surface area contributed by atoms with Crippen molar-refractivity contribution in [2.24, 2.45) is 5.73 Å². The predicted octanol–water partition coefficient (Wildman–Crippen LogP) is 2.43. The van der Waals surface area contributed by atoms with Gasteiger partial charge in [-0.25, -0.2) is 0 Å². The van der Waals surface area contributed by atoms with Gasteiger partial charge < -0.3 is 19.9 Å². The molecule has 0 aliphatic carbocycles. The van der Waals surface area contributed by atoms with Crippen LogP contribution >= 0.6 is 0 Å². The van der Waals surface area contributed by atoms with Crippen molar-refractivity contribution in [1.29, 1.82) is 0 Å². The van der Waals surface area contributed by atoms with Crippen LogP contribution < -0.4 is 10.5 Å². The van der Waals surface area contributed by atoms with E-state index in [9.17, 15) is 4.79 Å². The van der Waals surface area contributed by atoms with Gasteiger partial charge in [-0.05, 0) is 44.9 Å². The van der Waals surface area contributed by atoms with Crippen molar-refractivity contribution in [2.45, 2.75) is 39.3 Å². The monoisotopic (exact) mass is 329 g/mol. The summed E-state index contributed by atoms with van der Waals surface area (Å²) in [7, 11) is 0. The van der Waals surface area contributed by atoms with Crippen molar-refractivity contribution in [1.82, 2.24) is 10.1 Å². The number of likely N-dealkylation sites (tertiary alicyclic amines) is 1. The number of aryl methyl sites for hydroxylation is 2. The number of ether oxygens (including phenoxy) is 1. The fraction of sp³-hybridized carbons (Fsp3) is 0.444. The molecule has 1 aromatic heterocycles. The summed E-state index contributed by atoms with van der Waals surface area (Å²) in [6, 6.07) is 7.34. The molecule has 0 spiro atoms. The molecule has 1 aromatic carbocycles. The number of amides is 1. The first-order chi connectivity index (χ1) is 11.5. The van der Waals surface area contributed by atoms with Crippen LogP contribution in [0, 0.1) is 13.8 Å². The number of carbonyl (C=O) groups excluding carboxylic acids is 1. The molecule has 1 aliphatic heterocycles. The number of carbonyl (C=O) groups is 1. The first-order valence-corrected chi connectivity index (χ1v) is 8.24. The molecule has 1 atom stereocenters. The van der Waals surface area contributed by atoms with Crippen molar-refractivity contribution in [3.63, 3.8) is 0 Å². The third-order valence-corrected chi connectivity index (χ3v) is 4.39. The second kappa shape index (κ2) is 7.05. The maximum atomic E-state index is 12.6. The van der Waals surface area contributed by atoms with Crippen molar-refractivity contribution in [3.8, 4) is 5.75 Å². The van der Waals surface area contributed by atoms with Crippen LogP contribution in [0.2, 0.25) is 0 Å². The summed E-state index contributed by atoms with van der Waals surface area (Å²) in [5.41, 5.74) is 8.35. The van der Waals surface area contributed by atoms with E-state index in [1.807, 2.05) is 36.9 Å². The van der Waals surface area contributed by atoms with Gasteiger partial charge in [0, 0.05) is 24.7 Å². The van der Waals surface area contributed by atoms with Crippen LogP contribution in [0.15, 0.2) is 28.8 Å². The summed E-state index contributed by atoms with van der Waals surface area (Å²) in [6.45, 7) is 5.49. The highest BCUT2D eigenvalue weighted by molar-refractivity contribution is 5.94. The summed E-state index contributed by atoms with van der Waals surface area (Å²) in [4.78, 5) is 14.4. The van der Waals surface area contributed by atoms with Gasteiger partial charge in [-0.2, -0.15) is 0 Å². The fourth-order valence-electron chi connectivity index (χ4n) is 2.96. The average Bonchev–Trinajstić information content (AvgIpc) is 2.91. The Balaban J connectivity index is 1.68. The number of nitrogens with zero attached hydrogens (tertiary/aromatic N) is 2. The zero-order valence-corrected chi connectivity index (χ0v) is 14.1. The van der Waals surface area contributed by atoms with Gasteiger partial charge in [-0.3, -0.25) is 4.79 Å². The second-order valence-corrected chi connectivity index (χ2v) is 6.27. The van der Waals surface area contributed by atoms with E-state index in [0.717, 1.165) is 36.4 Å². The van der Waals surface area contributed by atoms with E-state index in [1.54, 1.807) is 6.07 Å². The Morgan fingerprint density at radius 3 is 3.00 bits per heavy atom. The zero-order chi connectivity index (χ0) is 17.1. The lowest BCUT2D eigenvalue weighted by Crippen LogP contribution is -2.45. The van der Waals surface area contributed by atoms with E-state index in [4.69, 9.17) is 15.0 Å². The molecule has 0 radical (unpaired) electrons. The average molecular weight is 329 g/mol. The minimum absolute atomic E-state index is 0.00735. The zero-order valence-electron chi connectivity index (χ0n) is 14.1. The summed E-state index contributed by atoms with van der Waals surface area (Å²) in [6.07, 6.45) is 1.93. The standard InChI is InChI=1S/C18H23N3O3/c1-12-17(13(2)24-20-12)11-23-16-7-3-5-14(9-16)18(22)21-8-4-6-15(19)10-21/h3,5,7,9,15H,4,6,8,10-11,19H2,1-2H3. The Morgan fingerprint density at radius 2 is 2.29 bits per heavy atom. The number of piperidine rings is 1. The molecule has 1 aliphatic rings. The van der Waals surface area contributed by atoms with Crippen LogP contribution in [-0.4, -0.2) is 35.1 Å². The number of nitrogens with two attached hydrogens (primary N) is 1. The minimum Gasteiger partial charge on any atom is -0.489 e. The van der Waals surface area contributed by atoms with Crippen LogP contribution in [0.25, 0.3) is 0 Å². The highest BCUT2D eigenvalue weighted by Crippen LogP contribution is 2.20. The molecule has 1 unspecified atom stereocenters. The van der Waals surface area contributed by atoms with Gasteiger partial charge in [-0.15, -0.1) is 0 Å². The van der Waals surface area contributed by atoms with Gasteiger partial charge in [0.05, 0.1) is 11.3 Å². The highest BCUT2D eigenvalue weighted by Gasteiger charge is 2.22. The Bertz CT molecular complexity index is 707. The molecule has 0 saturated carbocycles. The topological polar surface area (TPSA) is 81.6 Å². The number of hydrogen-bond donors (Lipinski definition) is 1. The molecule has 6 nitrogen and oxygen atoms in total. The number of hydrogen-bond acceptors (Lipinski definition) is 5. The predicted molar refractivity (Wildman–Crippen MR) is 89.9 cm³/mol. The molecule has 2 aromatic rings. The largest absolute Gasteiger partial charge is 0.489 e. The number of rotatable bonds is 4. The van der Waals surface area contributed by atoms with Crippen LogP contribution in [0.3, 0.4) is 0 Å². The van der Waals surface area contributed by atoms with E-state index in [1.165, 1.54) is 0 Å². The Hall–Kier alpha value is -2.34. The molecular weight excluding hydrogens is 306 g/mol.